The van der Waals surface area contributed by atoms with Crippen LogP contribution in [0, 0.1) is 5.82 Å². The van der Waals surface area contributed by atoms with Crippen LogP contribution in [-0.4, -0.2) is 21.9 Å². The minimum absolute atomic E-state index is 0.235. The number of carbonyl (C=O) groups is 1. The Morgan fingerprint density at radius 3 is 2.54 bits per heavy atom. The van der Waals surface area contributed by atoms with Gasteiger partial charge in [-0.3, -0.25) is 9.48 Å². The van der Waals surface area contributed by atoms with E-state index in [9.17, 15) is 9.18 Å². The van der Waals surface area contributed by atoms with E-state index in [0.29, 0.717) is 16.6 Å². The molecule has 3 aromatic rings. The molecule has 0 aliphatic rings. The highest BCUT2D eigenvalue weighted by Gasteiger charge is 2.14. The molecule has 0 saturated carbocycles. The topological polar surface area (TPSA) is 59.3 Å². The number of hydrogen-bond acceptors (Lipinski definition) is 3. The summed E-state index contributed by atoms with van der Waals surface area (Å²) in [6, 6.07) is 13.6. The summed E-state index contributed by atoms with van der Waals surface area (Å²) >= 11 is 6.74. The van der Waals surface area contributed by atoms with E-state index in [4.69, 9.17) is 0 Å². The van der Waals surface area contributed by atoms with E-state index in [-0.39, 0.29) is 11.5 Å². The van der Waals surface area contributed by atoms with Crippen LogP contribution < -0.4 is 5.43 Å². The number of nitrogens with zero attached hydrogens (tertiary/aromatic N) is 3. The molecular weight excluding hydrogens is 467 g/mol. The molecule has 0 aliphatic heterocycles. The van der Waals surface area contributed by atoms with E-state index in [1.54, 1.807) is 23.0 Å². The third-order valence-corrected chi connectivity index (χ3v) is 4.55. The van der Waals surface area contributed by atoms with Gasteiger partial charge in [0.2, 0.25) is 0 Å². The van der Waals surface area contributed by atoms with Crippen molar-refractivity contribution in [1.82, 2.24) is 15.2 Å². The minimum Gasteiger partial charge on any atom is -0.266 e. The number of nitrogens with one attached hydrogen (secondary N) is 1. The molecule has 2 aromatic carbocycles. The maximum Gasteiger partial charge on any atom is 0.293 e. The minimum atomic E-state index is -0.440. The van der Waals surface area contributed by atoms with Crippen molar-refractivity contribution in [2.75, 3.05) is 0 Å². The summed E-state index contributed by atoms with van der Waals surface area (Å²) in [5.74, 6) is -0.767. The predicted octanol–water partition coefficient (Wildman–Crippen LogP) is 4.36. The Morgan fingerprint density at radius 2 is 1.85 bits per heavy atom. The fourth-order valence-corrected chi connectivity index (χ4v) is 2.94. The van der Waals surface area contributed by atoms with Gasteiger partial charge in [-0.15, -0.1) is 0 Å². The fourth-order valence-electron chi connectivity index (χ4n) is 2.18. The van der Waals surface area contributed by atoms with Crippen molar-refractivity contribution >= 4 is 44.0 Å². The SMILES string of the molecule is O=C(NN=Cc1ccc(F)cc1)c1nn(Cc2ccc(Br)cc2)cc1Br. The summed E-state index contributed by atoms with van der Waals surface area (Å²) in [5, 5.41) is 8.16. The van der Waals surface area contributed by atoms with Crippen LogP contribution >= 0.6 is 31.9 Å². The van der Waals surface area contributed by atoms with Crippen molar-refractivity contribution in [3.63, 3.8) is 0 Å². The molecule has 5 nitrogen and oxygen atoms in total. The molecule has 0 bridgehead atoms. The number of hydrogen-bond donors (Lipinski definition) is 1. The van der Waals surface area contributed by atoms with Gasteiger partial charge in [-0.05, 0) is 51.3 Å². The molecule has 26 heavy (non-hydrogen) atoms. The van der Waals surface area contributed by atoms with Crippen molar-refractivity contribution in [1.29, 1.82) is 0 Å². The van der Waals surface area contributed by atoms with Gasteiger partial charge in [0.1, 0.15) is 5.82 Å². The summed E-state index contributed by atoms with van der Waals surface area (Å²) in [6.07, 6.45) is 3.17. The standard InChI is InChI=1S/C18H13Br2FN4O/c19-14-5-1-13(2-6-14)10-25-11-16(20)17(24-25)18(26)23-22-9-12-3-7-15(21)8-4-12/h1-9,11H,10H2,(H,23,26). The summed E-state index contributed by atoms with van der Waals surface area (Å²) in [7, 11) is 0. The number of amides is 1. The number of carbonyl (C=O) groups excluding carboxylic acids is 1. The zero-order valence-electron chi connectivity index (χ0n) is 13.4. The molecule has 0 spiro atoms. The highest BCUT2D eigenvalue weighted by atomic mass is 79.9. The quantitative estimate of drug-likeness (QED) is 0.436. The Kier molecular flexibility index (Phi) is 5.95. The van der Waals surface area contributed by atoms with E-state index >= 15 is 0 Å². The average Bonchev–Trinajstić information content (AvgIpc) is 2.99. The molecule has 0 fully saturated rings. The highest BCUT2D eigenvalue weighted by Crippen LogP contribution is 2.17. The number of aromatic nitrogens is 2. The van der Waals surface area contributed by atoms with Gasteiger partial charge in [-0.2, -0.15) is 10.2 Å². The molecular formula is C18H13Br2FN4O. The number of hydrazone groups is 1. The lowest BCUT2D eigenvalue weighted by molar-refractivity contribution is 0.0948. The normalized spacial score (nSPS) is 11.0. The van der Waals surface area contributed by atoms with Crippen molar-refractivity contribution < 1.29 is 9.18 Å². The van der Waals surface area contributed by atoms with E-state index in [1.807, 2.05) is 24.3 Å². The Balaban J connectivity index is 1.65. The fraction of sp³-hybridized carbons (Fsp3) is 0.0556. The van der Waals surface area contributed by atoms with Gasteiger partial charge in [-0.1, -0.05) is 40.2 Å². The smallest absolute Gasteiger partial charge is 0.266 e. The van der Waals surface area contributed by atoms with Crippen molar-refractivity contribution in [3.05, 3.63) is 86.3 Å². The first-order valence-electron chi connectivity index (χ1n) is 7.57. The van der Waals surface area contributed by atoms with E-state index in [0.717, 1.165) is 10.0 Å². The zero-order chi connectivity index (χ0) is 18.5. The second kappa shape index (κ2) is 8.37. The van der Waals surface area contributed by atoms with Crippen LogP contribution in [0.3, 0.4) is 0 Å². The summed E-state index contributed by atoms with van der Waals surface area (Å²) in [4.78, 5) is 12.2. The van der Waals surface area contributed by atoms with Crippen LogP contribution in [0.15, 0.2) is 68.8 Å². The molecule has 0 saturated heterocycles. The number of rotatable bonds is 5. The molecule has 0 atom stereocenters. The summed E-state index contributed by atoms with van der Waals surface area (Å²) in [6.45, 7) is 0.540. The molecule has 1 amide bonds. The van der Waals surface area contributed by atoms with Crippen LogP contribution in [0.4, 0.5) is 4.39 Å². The van der Waals surface area contributed by atoms with Crippen LogP contribution in [0.1, 0.15) is 21.6 Å². The lowest BCUT2D eigenvalue weighted by atomic mass is 10.2. The highest BCUT2D eigenvalue weighted by molar-refractivity contribution is 9.10. The first kappa shape index (κ1) is 18.5. The molecule has 132 valence electrons. The third-order valence-electron chi connectivity index (χ3n) is 3.44. The first-order valence-corrected chi connectivity index (χ1v) is 9.16. The van der Waals surface area contributed by atoms with Crippen LogP contribution in [0.25, 0.3) is 0 Å². The molecule has 8 heteroatoms. The molecule has 1 aromatic heterocycles. The van der Waals surface area contributed by atoms with Crippen molar-refractivity contribution in [2.45, 2.75) is 6.54 Å². The molecule has 0 unspecified atom stereocenters. The Bertz CT molecular complexity index is 937. The molecule has 1 N–H and O–H groups in total. The molecule has 1 heterocycles. The van der Waals surface area contributed by atoms with Crippen molar-refractivity contribution in [2.24, 2.45) is 5.10 Å². The Hall–Kier alpha value is -2.32. The second-order valence-corrected chi connectivity index (χ2v) is 7.17. The predicted molar refractivity (Wildman–Crippen MR) is 105 cm³/mol. The summed E-state index contributed by atoms with van der Waals surface area (Å²) in [5.41, 5.74) is 4.38. The second-order valence-electron chi connectivity index (χ2n) is 5.40. The molecule has 3 rings (SSSR count). The van der Waals surface area contributed by atoms with Gasteiger partial charge in [0, 0.05) is 10.7 Å². The maximum absolute atomic E-state index is 12.8. The Morgan fingerprint density at radius 1 is 1.15 bits per heavy atom. The lowest BCUT2D eigenvalue weighted by Gasteiger charge is -2.02. The zero-order valence-corrected chi connectivity index (χ0v) is 16.5. The molecule has 0 radical (unpaired) electrons. The van der Waals surface area contributed by atoms with Gasteiger partial charge < -0.3 is 0 Å². The van der Waals surface area contributed by atoms with Gasteiger partial charge >= 0.3 is 0 Å². The van der Waals surface area contributed by atoms with E-state index in [1.165, 1.54) is 18.3 Å². The Labute approximate surface area is 166 Å². The monoisotopic (exact) mass is 478 g/mol. The van der Waals surface area contributed by atoms with Gasteiger partial charge in [0.15, 0.2) is 5.69 Å². The maximum atomic E-state index is 12.8. The van der Waals surface area contributed by atoms with Gasteiger partial charge in [0.05, 0.1) is 17.2 Å². The third kappa shape index (κ3) is 4.86. The first-order chi connectivity index (χ1) is 12.5. The van der Waals surface area contributed by atoms with Crippen molar-refractivity contribution in [3.8, 4) is 0 Å². The van der Waals surface area contributed by atoms with Gasteiger partial charge in [-0.25, -0.2) is 9.82 Å². The lowest BCUT2D eigenvalue weighted by Crippen LogP contribution is -2.19. The van der Waals surface area contributed by atoms with E-state index in [2.05, 4.69) is 47.5 Å². The molecule has 0 aliphatic carbocycles. The number of halogens is 3. The van der Waals surface area contributed by atoms with Crippen LogP contribution in [0.5, 0.6) is 0 Å². The van der Waals surface area contributed by atoms with Gasteiger partial charge in [0.25, 0.3) is 5.91 Å². The average molecular weight is 480 g/mol. The summed E-state index contributed by atoms with van der Waals surface area (Å²) < 4.78 is 16.1. The van der Waals surface area contributed by atoms with Crippen LogP contribution in [0.2, 0.25) is 0 Å². The van der Waals surface area contributed by atoms with Crippen LogP contribution in [-0.2, 0) is 6.54 Å². The largest absolute Gasteiger partial charge is 0.293 e. The van der Waals surface area contributed by atoms with E-state index < -0.39 is 5.91 Å². The number of benzene rings is 2.